The zero-order valence-electron chi connectivity index (χ0n) is 11.2. The number of pyridine rings is 1. The van der Waals surface area contributed by atoms with E-state index in [4.69, 9.17) is 13.0 Å². The number of hydrogen-bond donors (Lipinski definition) is 3. The van der Waals surface area contributed by atoms with Crippen LogP contribution in [0, 0.1) is 5.82 Å². The van der Waals surface area contributed by atoms with E-state index >= 15 is 0 Å². The molecule has 1 amide bonds. The summed E-state index contributed by atoms with van der Waals surface area (Å²) >= 11 is 0. The van der Waals surface area contributed by atoms with Gasteiger partial charge in [-0.05, 0) is 28.7 Å². The van der Waals surface area contributed by atoms with Crippen LogP contribution in [0.25, 0.3) is 11.1 Å². The molecule has 0 saturated carbocycles. The van der Waals surface area contributed by atoms with E-state index in [2.05, 4.69) is 10.3 Å². The van der Waals surface area contributed by atoms with Gasteiger partial charge in [-0.1, -0.05) is 12.1 Å². The molecule has 1 aromatic carbocycles. The molecule has 22 heavy (non-hydrogen) atoms. The average molecular weight is 300 g/mol. The van der Waals surface area contributed by atoms with Gasteiger partial charge < -0.3 is 15.5 Å². The highest BCUT2D eigenvalue weighted by Crippen LogP contribution is 2.22. The van der Waals surface area contributed by atoms with Crippen molar-refractivity contribution in [1.82, 2.24) is 10.3 Å². The smallest absolute Gasteiger partial charge is 0.322 e. The molecule has 0 atom stereocenters. The van der Waals surface area contributed by atoms with Gasteiger partial charge in [-0.2, -0.15) is 0 Å². The monoisotopic (exact) mass is 300 g/mol. The van der Waals surface area contributed by atoms with Gasteiger partial charge in [0, 0.05) is 6.20 Å². The zero-order chi connectivity index (χ0) is 16.3. The van der Waals surface area contributed by atoms with Crippen LogP contribution in [0.3, 0.4) is 0 Å². The number of halogens is 1. The molecule has 0 aliphatic rings. The van der Waals surface area contributed by atoms with Crippen LogP contribution >= 0.6 is 0 Å². The number of amides is 1. The first-order valence-corrected chi connectivity index (χ1v) is 6.13. The molecular weight excluding hydrogens is 290 g/mol. The molecule has 2 rings (SSSR count). The van der Waals surface area contributed by atoms with Crippen molar-refractivity contribution in [3.63, 3.8) is 0 Å². The molecule has 2 aromatic rings. The summed E-state index contributed by atoms with van der Waals surface area (Å²) in [6.45, 7) is -0.620. The van der Waals surface area contributed by atoms with Gasteiger partial charge >= 0.3 is 5.97 Å². The van der Waals surface area contributed by atoms with Gasteiger partial charge in [0.2, 0.25) is 0 Å². The van der Waals surface area contributed by atoms with Crippen LogP contribution in [0.1, 0.15) is 10.5 Å². The van der Waals surface area contributed by atoms with Crippen LogP contribution in [0.4, 0.5) is 4.39 Å². The van der Waals surface area contributed by atoms with E-state index in [1.807, 2.05) is 0 Å². The minimum absolute atomic E-state index is 0.152. The van der Waals surface area contributed by atoms with Crippen LogP contribution in [-0.2, 0) is 4.79 Å². The Labute approximate surface area is 126 Å². The van der Waals surface area contributed by atoms with Crippen LogP contribution in [0.5, 0.6) is 5.75 Å². The summed E-state index contributed by atoms with van der Waals surface area (Å²) in [6, 6.07) is 5.49. The summed E-state index contributed by atoms with van der Waals surface area (Å²) in [6.07, 6.45) is 1.21. The van der Waals surface area contributed by atoms with Crippen molar-refractivity contribution in [2.75, 3.05) is 6.54 Å². The fraction of sp³-hybridized carbons (Fsp3) is 0.0714. The lowest BCUT2D eigenvalue weighted by Gasteiger charge is -2.11. The predicted octanol–water partition coefficient (Wildman–Crippen LogP) is 0.202. The number of aromatic nitrogens is 1. The summed E-state index contributed by atoms with van der Waals surface area (Å²) in [5.74, 6) is -3.20. The molecule has 8 heteroatoms. The third-order valence-electron chi connectivity index (χ3n) is 2.84. The first-order valence-electron chi connectivity index (χ1n) is 6.13. The third kappa shape index (κ3) is 3.22. The number of nitrogens with one attached hydrogen (secondary N) is 1. The lowest BCUT2D eigenvalue weighted by molar-refractivity contribution is -0.135. The zero-order valence-corrected chi connectivity index (χ0v) is 11.2. The van der Waals surface area contributed by atoms with Crippen molar-refractivity contribution < 1.29 is 24.2 Å². The van der Waals surface area contributed by atoms with Gasteiger partial charge in [0.15, 0.2) is 5.69 Å². The topological polar surface area (TPSA) is 99.5 Å². The first kappa shape index (κ1) is 15.5. The normalized spacial score (nSPS) is 10.2. The molecule has 0 saturated heterocycles. The Hall–Kier alpha value is -2.90. The quantitative estimate of drug-likeness (QED) is 0.701. The van der Waals surface area contributed by atoms with Gasteiger partial charge in [0.25, 0.3) is 5.91 Å². The molecular formula is C14H10BFN2O4. The van der Waals surface area contributed by atoms with E-state index in [1.54, 1.807) is 6.07 Å². The minimum atomic E-state index is -1.24. The summed E-state index contributed by atoms with van der Waals surface area (Å²) in [5.41, 5.74) is 0.0876. The third-order valence-corrected chi connectivity index (χ3v) is 2.84. The second-order valence-corrected chi connectivity index (χ2v) is 4.37. The van der Waals surface area contributed by atoms with Crippen LogP contribution in [0.15, 0.2) is 30.5 Å². The number of benzene rings is 1. The molecule has 6 nitrogen and oxygen atoms in total. The Balaban J connectivity index is 2.37. The summed E-state index contributed by atoms with van der Waals surface area (Å²) in [5, 5.41) is 20.5. The second-order valence-electron chi connectivity index (χ2n) is 4.37. The Kier molecular flexibility index (Phi) is 4.40. The van der Waals surface area contributed by atoms with E-state index in [0.29, 0.717) is 5.56 Å². The van der Waals surface area contributed by atoms with Crippen molar-refractivity contribution in [3.8, 4) is 16.9 Å². The summed E-state index contributed by atoms with van der Waals surface area (Å²) in [4.78, 5) is 25.9. The molecule has 0 spiro atoms. The number of carbonyl (C=O) groups excluding carboxylic acids is 1. The van der Waals surface area contributed by atoms with Crippen LogP contribution in [0.2, 0.25) is 0 Å². The lowest BCUT2D eigenvalue weighted by atomic mass is 9.86. The Morgan fingerprint density at radius 3 is 2.73 bits per heavy atom. The van der Waals surface area contributed by atoms with Gasteiger partial charge in [-0.15, -0.1) is 0 Å². The van der Waals surface area contributed by atoms with Crippen molar-refractivity contribution in [1.29, 1.82) is 0 Å². The van der Waals surface area contributed by atoms with Gasteiger partial charge in [-0.3, -0.25) is 9.59 Å². The van der Waals surface area contributed by atoms with Crippen LogP contribution < -0.4 is 10.8 Å². The number of carboxylic acids is 1. The Morgan fingerprint density at radius 1 is 1.36 bits per heavy atom. The molecule has 0 aliphatic carbocycles. The highest BCUT2D eigenvalue weighted by atomic mass is 19.1. The maximum atomic E-state index is 13.2. The number of carbonyl (C=O) groups is 2. The SMILES string of the molecule is [B]c1c(-c2cccc(F)c2)cnc(C(=O)NCC(=O)O)c1O. The standard InChI is InChI=1S/C14H10BFN2O4/c15-11-9(7-2-1-3-8(16)4-7)5-17-12(13(11)21)14(22)18-6-10(19)20/h1-5,21H,6H2,(H,18,22)(H,19,20). The molecule has 1 heterocycles. The highest BCUT2D eigenvalue weighted by Gasteiger charge is 2.18. The fourth-order valence-electron chi connectivity index (χ4n) is 1.81. The maximum absolute atomic E-state index is 13.2. The van der Waals surface area contributed by atoms with Gasteiger partial charge in [-0.25, -0.2) is 9.37 Å². The second kappa shape index (κ2) is 6.25. The van der Waals surface area contributed by atoms with Crippen molar-refractivity contribution in [2.24, 2.45) is 0 Å². The Morgan fingerprint density at radius 2 is 2.09 bits per heavy atom. The van der Waals surface area contributed by atoms with E-state index in [1.165, 1.54) is 24.4 Å². The van der Waals surface area contributed by atoms with E-state index < -0.39 is 35.7 Å². The number of aromatic hydroxyl groups is 1. The number of nitrogens with zero attached hydrogens (tertiary/aromatic N) is 1. The molecule has 3 N–H and O–H groups in total. The molecule has 0 fully saturated rings. The molecule has 0 unspecified atom stereocenters. The average Bonchev–Trinajstić information content (AvgIpc) is 2.47. The maximum Gasteiger partial charge on any atom is 0.322 e. The molecule has 0 aliphatic heterocycles. The number of aliphatic carboxylic acids is 1. The molecule has 0 bridgehead atoms. The highest BCUT2D eigenvalue weighted by molar-refractivity contribution is 6.38. The van der Waals surface area contributed by atoms with Crippen LogP contribution in [-0.4, -0.2) is 41.5 Å². The number of carboxylic acid groups (broad SMARTS) is 1. The number of rotatable bonds is 4. The largest absolute Gasteiger partial charge is 0.506 e. The van der Waals surface area contributed by atoms with Crippen molar-refractivity contribution in [2.45, 2.75) is 0 Å². The summed E-state index contributed by atoms with van der Waals surface area (Å²) < 4.78 is 13.2. The Bertz CT molecular complexity index is 752. The van der Waals surface area contributed by atoms with Gasteiger partial charge in [0.05, 0.1) is 0 Å². The van der Waals surface area contributed by atoms with E-state index in [0.717, 1.165) is 0 Å². The lowest BCUT2D eigenvalue weighted by Crippen LogP contribution is -2.31. The molecule has 2 radical (unpaired) electrons. The molecule has 110 valence electrons. The van der Waals surface area contributed by atoms with E-state index in [9.17, 15) is 19.1 Å². The predicted molar refractivity (Wildman–Crippen MR) is 76.7 cm³/mol. The minimum Gasteiger partial charge on any atom is -0.506 e. The first-order chi connectivity index (χ1) is 10.4. The fourth-order valence-corrected chi connectivity index (χ4v) is 1.81. The number of hydrogen-bond acceptors (Lipinski definition) is 4. The molecule has 1 aromatic heterocycles. The van der Waals surface area contributed by atoms with Crippen molar-refractivity contribution >= 4 is 25.2 Å². The van der Waals surface area contributed by atoms with Gasteiger partial charge in [0.1, 0.15) is 26.0 Å². The van der Waals surface area contributed by atoms with E-state index in [-0.39, 0.29) is 11.0 Å². The van der Waals surface area contributed by atoms with Crippen molar-refractivity contribution in [3.05, 3.63) is 42.0 Å². The summed E-state index contributed by atoms with van der Waals surface area (Å²) in [7, 11) is 5.75.